The van der Waals surface area contributed by atoms with E-state index in [1.165, 1.54) is 0 Å². The third kappa shape index (κ3) is 6.63. The molecule has 0 aromatic heterocycles. The predicted octanol–water partition coefficient (Wildman–Crippen LogP) is 5.16. The van der Waals surface area contributed by atoms with Crippen LogP contribution in [0, 0.1) is 0 Å². The second-order valence-corrected chi connectivity index (χ2v) is 8.04. The first kappa shape index (κ1) is 23.4. The maximum atomic E-state index is 12.7. The highest BCUT2D eigenvalue weighted by atomic mass is 79.9. The van der Waals surface area contributed by atoms with Gasteiger partial charge in [0.2, 0.25) is 0 Å². The number of rotatable bonds is 7. The fourth-order valence-corrected chi connectivity index (χ4v) is 3.62. The van der Waals surface area contributed by atoms with Crippen molar-refractivity contribution in [2.24, 2.45) is 0 Å². The summed E-state index contributed by atoms with van der Waals surface area (Å²) in [6.45, 7) is 1.86. The van der Waals surface area contributed by atoms with Gasteiger partial charge in [-0.25, -0.2) is 0 Å². The van der Waals surface area contributed by atoms with Gasteiger partial charge in [-0.1, -0.05) is 43.3 Å². The summed E-state index contributed by atoms with van der Waals surface area (Å²) < 4.78 is 6.35. The molecule has 0 aliphatic heterocycles. The number of thiocarbonyl (C=S) groups is 1. The first-order valence-electron chi connectivity index (χ1n) is 9.93. The second kappa shape index (κ2) is 11.4. The van der Waals surface area contributed by atoms with Gasteiger partial charge in [-0.05, 0) is 76.5 Å². The van der Waals surface area contributed by atoms with E-state index in [0.29, 0.717) is 22.7 Å². The Kier molecular flexibility index (Phi) is 8.35. The number of hydrogen-bond acceptors (Lipinski definition) is 4. The SMILES string of the molecule is CCc1ccc(OCC(=O)NC(=S)Nc2ccccc2C(=O)Nc2ccccc2)c(Br)c1. The molecular weight excluding hydrogens is 490 g/mol. The van der Waals surface area contributed by atoms with Crippen molar-refractivity contribution in [3.8, 4) is 5.75 Å². The number of halogens is 1. The molecule has 0 spiro atoms. The van der Waals surface area contributed by atoms with Gasteiger partial charge in [0.15, 0.2) is 11.7 Å². The highest BCUT2D eigenvalue weighted by Crippen LogP contribution is 2.26. The molecule has 0 atom stereocenters. The number of nitrogens with one attached hydrogen (secondary N) is 3. The van der Waals surface area contributed by atoms with Crippen molar-refractivity contribution in [2.45, 2.75) is 13.3 Å². The fourth-order valence-electron chi connectivity index (χ4n) is 2.85. The normalized spacial score (nSPS) is 10.2. The Hall–Kier alpha value is -3.23. The molecule has 8 heteroatoms. The number of carbonyl (C=O) groups excluding carboxylic acids is 2. The summed E-state index contributed by atoms with van der Waals surface area (Å²) in [5.74, 6) is -0.142. The lowest BCUT2D eigenvalue weighted by Crippen LogP contribution is -2.37. The van der Waals surface area contributed by atoms with E-state index >= 15 is 0 Å². The molecule has 0 saturated carbocycles. The van der Waals surface area contributed by atoms with Gasteiger partial charge in [0.25, 0.3) is 11.8 Å². The molecule has 0 unspecified atom stereocenters. The molecule has 2 amide bonds. The van der Waals surface area contributed by atoms with Crippen LogP contribution in [0.3, 0.4) is 0 Å². The van der Waals surface area contributed by atoms with Crippen molar-refractivity contribution in [1.29, 1.82) is 0 Å². The molecule has 6 nitrogen and oxygen atoms in total. The lowest BCUT2D eigenvalue weighted by atomic mass is 10.1. The zero-order valence-corrected chi connectivity index (χ0v) is 19.8. The molecule has 3 rings (SSSR count). The molecule has 164 valence electrons. The Morgan fingerprint density at radius 1 is 0.969 bits per heavy atom. The lowest BCUT2D eigenvalue weighted by Gasteiger charge is -2.14. The number of hydrogen-bond donors (Lipinski definition) is 3. The maximum absolute atomic E-state index is 12.7. The summed E-state index contributed by atoms with van der Waals surface area (Å²) in [5.41, 5.74) is 2.71. The Morgan fingerprint density at radius 3 is 2.41 bits per heavy atom. The minimum atomic E-state index is -0.416. The van der Waals surface area contributed by atoms with E-state index in [-0.39, 0.29) is 17.6 Å². The van der Waals surface area contributed by atoms with Crippen LogP contribution in [0.5, 0.6) is 5.75 Å². The summed E-state index contributed by atoms with van der Waals surface area (Å²) in [5, 5.41) is 8.37. The molecule has 3 N–H and O–H groups in total. The van der Waals surface area contributed by atoms with Crippen LogP contribution in [-0.4, -0.2) is 23.5 Å². The quantitative estimate of drug-likeness (QED) is 0.382. The van der Waals surface area contributed by atoms with Crippen LogP contribution in [0.25, 0.3) is 0 Å². The molecule has 0 saturated heterocycles. The Labute approximate surface area is 200 Å². The summed E-state index contributed by atoms with van der Waals surface area (Å²) in [7, 11) is 0. The maximum Gasteiger partial charge on any atom is 0.264 e. The number of ether oxygens (including phenoxy) is 1. The molecule has 3 aromatic rings. The van der Waals surface area contributed by atoms with Crippen LogP contribution < -0.4 is 20.7 Å². The Balaban J connectivity index is 1.56. The van der Waals surface area contributed by atoms with Crippen LogP contribution in [0.1, 0.15) is 22.8 Å². The van der Waals surface area contributed by atoms with Crippen LogP contribution in [0.2, 0.25) is 0 Å². The van der Waals surface area contributed by atoms with Crippen molar-refractivity contribution in [2.75, 3.05) is 17.2 Å². The molecule has 0 aliphatic rings. The van der Waals surface area contributed by atoms with Crippen molar-refractivity contribution in [1.82, 2.24) is 5.32 Å². The number of benzene rings is 3. The zero-order valence-electron chi connectivity index (χ0n) is 17.4. The van der Waals surface area contributed by atoms with E-state index < -0.39 is 5.91 Å². The van der Waals surface area contributed by atoms with Gasteiger partial charge in [-0.15, -0.1) is 0 Å². The summed E-state index contributed by atoms with van der Waals surface area (Å²) >= 11 is 8.68. The first-order valence-corrected chi connectivity index (χ1v) is 11.1. The standard InChI is InChI=1S/C24H22BrN3O3S/c1-2-16-12-13-21(19(25)14-16)31-15-22(29)28-24(32)27-20-11-7-6-10-18(20)23(30)26-17-8-4-3-5-9-17/h3-14H,2,15H2,1H3,(H,26,30)(H2,27,28,29,32). The van der Waals surface area contributed by atoms with Gasteiger partial charge < -0.3 is 15.4 Å². The fraction of sp³-hybridized carbons (Fsp3) is 0.125. The average Bonchev–Trinajstić information content (AvgIpc) is 2.79. The number of anilines is 2. The van der Waals surface area contributed by atoms with Gasteiger partial charge in [-0.3, -0.25) is 14.9 Å². The van der Waals surface area contributed by atoms with E-state index in [0.717, 1.165) is 16.5 Å². The molecule has 3 aromatic carbocycles. The topological polar surface area (TPSA) is 79.5 Å². The minimum absolute atomic E-state index is 0.0685. The van der Waals surface area contributed by atoms with Gasteiger partial charge in [0.1, 0.15) is 5.75 Å². The molecule has 0 bridgehead atoms. The molecule has 32 heavy (non-hydrogen) atoms. The zero-order chi connectivity index (χ0) is 22.9. The third-order valence-electron chi connectivity index (χ3n) is 4.47. The summed E-state index contributed by atoms with van der Waals surface area (Å²) in [4.78, 5) is 24.9. The number of aryl methyl sites for hydroxylation is 1. The van der Waals surface area contributed by atoms with E-state index in [1.807, 2.05) is 36.4 Å². The van der Waals surface area contributed by atoms with Crippen LogP contribution in [-0.2, 0) is 11.2 Å². The number of amides is 2. The van der Waals surface area contributed by atoms with Gasteiger partial charge in [-0.2, -0.15) is 0 Å². The van der Waals surface area contributed by atoms with E-state index in [2.05, 4.69) is 38.8 Å². The van der Waals surface area contributed by atoms with E-state index in [1.54, 1.807) is 36.4 Å². The number of carbonyl (C=O) groups is 2. The minimum Gasteiger partial charge on any atom is -0.483 e. The predicted molar refractivity (Wildman–Crippen MR) is 134 cm³/mol. The molecule has 0 radical (unpaired) electrons. The van der Waals surface area contributed by atoms with E-state index in [9.17, 15) is 9.59 Å². The monoisotopic (exact) mass is 511 g/mol. The van der Waals surface area contributed by atoms with Crippen molar-refractivity contribution < 1.29 is 14.3 Å². The van der Waals surface area contributed by atoms with Crippen molar-refractivity contribution in [3.63, 3.8) is 0 Å². The highest BCUT2D eigenvalue weighted by molar-refractivity contribution is 9.10. The average molecular weight is 512 g/mol. The lowest BCUT2D eigenvalue weighted by molar-refractivity contribution is -0.121. The summed E-state index contributed by atoms with van der Waals surface area (Å²) in [6.07, 6.45) is 0.907. The molecule has 0 fully saturated rings. The number of para-hydroxylation sites is 2. The smallest absolute Gasteiger partial charge is 0.264 e. The highest BCUT2D eigenvalue weighted by Gasteiger charge is 2.14. The van der Waals surface area contributed by atoms with Crippen molar-refractivity contribution >= 4 is 56.4 Å². The van der Waals surface area contributed by atoms with Gasteiger partial charge in [0, 0.05) is 5.69 Å². The summed E-state index contributed by atoms with van der Waals surface area (Å²) in [6, 6.07) is 21.8. The first-order chi connectivity index (χ1) is 15.5. The Morgan fingerprint density at radius 2 is 1.69 bits per heavy atom. The van der Waals surface area contributed by atoms with Crippen LogP contribution in [0.4, 0.5) is 11.4 Å². The third-order valence-corrected chi connectivity index (χ3v) is 5.29. The van der Waals surface area contributed by atoms with Crippen molar-refractivity contribution in [3.05, 3.63) is 88.4 Å². The van der Waals surface area contributed by atoms with E-state index in [4.69, 9.17) is 17.0 Å². The van der Waals surface area contributed by atoms with Crippen LogP contribution in [0.15, 0.2) is 77.3 Å². The largest absolute Gasteiger partial charge is 0.483 e. The van der Waals surface area contributed by atoms with Gasteiger partial charge in [0.05, 0.1) is 15.7 Å². The molecule has 0 aliphatic carbocycles. The van der Waals surface area contributed by atoms with Crippen LogP contribution >= 0.6 is 28.1 Å². The Bertz CT molecular complexity index is 1120. The van der Waals surface area contributed by atoms with Gasteiger partial charge >= 0.3 is 0 Å². The molecular formula is C24H22BrN3O3S. The second-order valence-electron chi connectivity index (χ2n) is 6.78. The molecule has 0 heterocycles.